The van der Waals surface area contributed by atoms with Gasteiger partial charge in [-0.25, -0.2) is 15.0 Å². The minimum Gasteiger partial charge on any atom is -0.493 e. The number of carbonyl (C=O) groups is 3. The Hall–Kier alpha value is -3.35. The highest BCUT2D eigenvalue weighted by Crippen LogP contribution is 2.33. The van der Waals surface area contributed by atoms with Gasteiger partial charge in [0.25, 0.3) is 5.91 Å². The fraction of sp³-hybridized carbons (Fsp3) is 0.273. The highest BCUT2D eigenvalue weighted by Gasteiger charge is 2.21. The molecule has 0 aliphatic carbocycles. The quantitative estimate of drug-likeness (QED) is 0.215. The smallest absolute Gasteiger partial charge is 0.407 e. The standard InChI is InChI=1S/C22H24IN3O7/c1-3-32-22(30)25-17(10-14-7-5-4-6-8-14)21(29)26-24-12-15-9-16(23)20(18(11-15)31-2)33-13-19(27)28/h4-9,11-12,17H,3,10,13H2,1-2H3,(H,25,30)(H,26,29)(H,27,28)/b24-12-/t17-/m1/s1. The zero-order valence-electron chi connectivity index (χ0n) is 18.0. The zero-order valence-corrected chi connectivity index (χ0v) is 20.2. The molecule has 0 saturated heterocycles. The van der Waals surface area contributed by atoms with Crippen molar-refractivity contribution in [2.45, 2.75) is 19.4 Å². The summed E-state index contributed by atoms with van der Waals surface area (Å²) in [7, 11) is 1.43. The Morgan fingerprint density at radius 3 is 2.58 bits per heavy atom. The predicted molar refractivity (Wildman–Crippen MR) is 129 cm³/mol. The molecule has 3 N–H and O–H groups in total. The molecule has 0 unspecified atom stereocenters. The molecular formula is C22H24IN3O7. The monoisotopic (exact) mass is 569 g/mol. The van der Waals surface area contributed by atoms with Gasteiger partial charge in [-0.2, -0.15) is 5.10 Å². The van der Waals surface area contributed by atoms with Crippen molar-refractivity contribution in [3.05, 3.63) is 57.2 Å². The van der Waals surface area contributed by atoms with Crippen molar-refractivity contribution in [3.63, 3.8) is 0 Å². The zero-order chi connectivity index (χ0) is 24.2. The van der Waals surface area contributed by atoms with Crippen LogP contribution in [0.4, 0.5) is 4.79 Å². The normalized spacial score (nSPS) is 11.5. The van der Waals surface area contributed by atoms with Gasteiger partial charge in [0.15, 0.2) is 18.1 Å². The highest BCUT2D eigenvalue weighted by atomic mass is 127. The van der Waals surface area contributed by atoms with E-state index in [4.69, 9.17) is 19.3 Å². The Bertz CT molecular complexity index is 999. The van der Waals surface area contributed by atoms with Crippen LogP contribution in [0.5, 0.6) is 11.5 Å². The van der Waals surface area contributed by atoms with Gasteiger partial charge < -0.3 is 24.6 Å². The summed E-state index contributed by atoms with van der Waals surface area (Å²) < 4.78 is 16.0. The molecule has 2 aromatic rings. The van der Waals surface area contributed by atoms with E-state index in [1.54, 1.807) is 19.1 Å². The summed E-state index contributed by atoms with van der Waals surface area (Å²) in [4.78, 5) is 35.3. The first kappa shape index (κ1) is 25.9. The van der Waals surface area contributed by atoms with Crippen LogP contribution in [0.2, 0.25) is 0 Å². The topological polar surface area (TPSA) is 136 Å². The molecule has 0 aliphatic heterocycles. The third-order valence-electron chi connectivity index (χ3n) is 4.15. The van der Waals surface area contributed by atoms with E-state index in [9.17, 15) is 14.4 Å². The van der Waals surface area contributed by atoms with Crippen molar-refractivity contribution in [2.75, 3.05) is 20.3 Å². The fourth-order valence-electron chi connectivity index (χ4n) is 2.71. The lowest BCUT2D eigenvalue weighted by molar-refractivity contribution is -0.139. The third kappa shape index (κ3) is 8.60. The average molecular weight is 569 g/mol. The predicted octanol–water partition coefficient (Wildman–Crippen LogP) is 2.57. The molecule has 33 heavy (non-hydrogen) atoms. The Morgan fingerprint density at radius 2 is 1.94 bits per heavy atom. The lowest BCUT2D eigenvalue weighted by Crippen LogP contribution is -2.47. The maximum atomic E-state index is 12.7. The molecule has 11 heteroatoms. The molecule has 0 bridgehead atoms. The summed E-state index contributed by atoms with van der Waals surface area (Å²) >= 11 is 1.98. The van der Waals surface area contributed by atoms with E-state index in [2.05, 4.69) is 15.8 Å². The maximum absolute atomic E-state index is 12.7. The number of alkyl carbamates (subject to hydrolysis) is 1. The number of methoxy groups -OCH3 is 1. The molecule has 2 amide bonds. The first-order chi connectivity index (χ1) is 15.8. The van der Waals surface area contributed by atoms with Crippen LogP contribution in [0.25, 0.3) is 0 Å². The third-order valence-corrected chi connectivity index (χ3v) is 4.95. The summed E-state index contributed by atoms with van der Waals surface area (Å²) in [6.07, 6.45) is 0.948. The van der Waals surface area contributed by atoms with Crippen molar-refractivity contribution < 1.29 is 33.7 Å². The number of halogens is 1. The van der Waals surface area contributed by atoms with Crippen LogP contribution in [0.3, 0.4) is 0 Å². The van der Waals surface area contributed by atoms with Crippen LogP contribution in [0.1, 0.15) is 18.1 Å². The van der Waals surface area contributed by atoms with Gasteiger partial charge in [-0.3, -0.25) is 4.79 Å². The summed E-state index contributed by atoms with van der Waals surface area (Å²) in [6, 6.07) is 11.6. The van der Waals surface area contributed by atoms with Crippen molar-refractivity contribution in [3.8, 4) is 11.5 Å². The van der Waals surface area contributed by atoms with E-state index in [0.29, 0.717) is 20.6 Å². The molecule has 2 rings (SSSR count). The number of carboxylic acids is 1. The van der Waals surface area contributed by atoms with Crippen LogP contribution < -0.4 is 20.2 Å². The van der Waals surface area contributed by atoms with Gasteiger partial charge in [0.1, 0.15) is 6.04 Å². The Kier molecular flexibility index (Phi) is 10.4. The Morgan fingerprint density at radius 1 is 1.21 bits per heavy atom. The minimum atomic E-state index is -1.11. The van der Waals surface area contributed by atoms with E-state index >= 15 is 0 Å². The van der Waals surface area contributed by atoms with E-state index in [1.807, 2.05) is 52.9 Å². The number of rotatable bonds is 11. The summed E-state index contributed by atoms with van der Waals surface area (Å²) in [5, 5.41) is 15.3. The van der Waals surface area contributed by atoms with Crippen LogP contribution in [-0.2, 0) is 20.7 Å². The molecule has 0 saturated carbocycles. The number of nitrogens with zero attached hydrogens (tertiary/aromatic N) is 1. The number of nitrogens with one attached hydrogen (secondary N) is 2. The number of ether oxygens (including phenoxy) is 3. The van der Waals surface area contributed by atoms with Crippen molar-refractivity contribution >= 4 is 46.8 Å². The fourth-order valence-corrected chi connectivity index (χ4v) is 3.49. The Balaban J connectivity index is 2.11. The number of carbonyl (C=O) groups excluding carboxylic acids is 2. The van der Waals surface area contributed by atoms with Gasteiger partial charge in [0.05, 0.1) is 23.5 Å². The first-order valence-electron chi connectivity index (χ1n) is 9.86. The number of benzene rings is 2. The number of hydrogen-bond acceptors (Lipinski definition) is 7. The molecular weight excluding hydrogens is 545 g/mol. The average Bonchev–Trinajstić information content (AvgIpc) is 2.78. The van der Waals surface area contributed by atoms with Crippen molar-refractivity contribution in [2.24, 2.45) is 5.10 Å². The lowest BCUT2D eigenvalue weighted by Gasteiger charge is -2.17. The summed E-state index contributed by atoms with van der Waals surface area (Å²) in [5.41, 5.74) is 3.86. The van der Waals surface area contributed by atoms with Gasteiger partial charge in [-0.1, -0.05) is 30.3 Å². The Labute approximate surface area is 204 Å². The molecule has 176 valence electrons. The summed E-state index contributed by atoms with van der Waals surface area (Å²) in [6.45, 7) is 1.34. The second-order valence-corrected chi connectivity index (χ2v) is 7.72. The number of hydrazone groups is 1. The van der Waals surface area contributed by atoms with Gasteiger partial charge in [0, 0.05) is 6.42 Å². The summed E-state index contributed by atoms with van der Waals surface area (Å²) in [5.74, 6) is -1.01. The lowest BCUT2D eigenvalue weighted by atomic mass is 10.1. The molecule has 10 nitrogen and oxygen atoms in total. The minimum absolute atomic E-state index is 0.177. The van der Waals surface area contributed by atoms with Crippen LogP contribution in [0, 0.1) is 3.57 Å². The largest absolute Gasteiger partial charge is 0.493 e. The molecule has 0 radical (unpaired) electrons. The molecule has 0 aliphatic rings. The van der Waals surface area contributed by atoms with E-state index < -0.39 is 30.6 Å². The second-order valence-electron chi connectivity index (χ2n) is 6.56. The maximum Gasteiger partial charge on any atom is 0.407 e. The molecule has 0 heterocycles. The van der Waals surface area contributed by atoms with Crippen LogP contribution in [-0.4, -0.2) is 55.7 Å². The van der Waals surface area contributed by atoms with Crippen molar-refractivity contribution in [1.82, 2.24) is 10.7 Å². The molecule has 1 atom stereocenters. The first-order valence-corrected chi connectivity index (χ1v) is 10.9. The van der Waals surface area contributed by atoms with Crippen molar-refractivity contribution in [1.29, 1.82) is 0 Å². The van der Waals surface area contributed by atoms with Gasteiger partial charge in [-0.05, 0) is 52.8 Å². The number of carboxylic acid groups (broad SMARTS) is 1. The molecule has 0 aromatic heterocycles. The van der Waals surface area contributed by atoms with Gasteiger partial charge in [-0.15, -0.1) is 0 Å². The van der Waals surface area contributed by atoms with Gasteiger partial charge in [0.2, 0.25) is 0 Å². The van der Waals surface area contributed by atoms with Gasteiger partial charge >= 0.3 is 12.1 Å². The van der Waals surface area contributed by atoms with Crippen LogP contribution >= 0.6 is 22.6 Å². The molecule has 0 spiro atoms. The van der Waals surface area contributed by atoms with E-state index in [1.165, 1.54) is 13.3 Å². The number of aliphatic carboxylic acids is 1. The van der Waals surface area contributed by atoms with E-state index in [0.717, 1.165) is 5.56 Å². The number of amides is 2. The molecule has 2 aromatic carbocycles. The highest BCUT2D eigenvalue weighted by molar-refractivity contribution is 14.1. The van der Waals surface area contributed by atoms with E-state index in [-0.39, 0.29) is 13.0 Å². The van der Waals surface area contributed by atoms with Crippen LogP contribution in [0.15, 0.2) is 47.6 Å². The SMILES string of the molecule is CCOC(=O)N[C@H](Cc1ccccc1)C(=O)N/N=C\c1cc(I)c(OCC(=O)O)c(OC)c1. The number of hydrogen-bond donors (Lipinski definition) is 3. The molecule has 0 fully saturated rings. The second kappa shape index (κ2) is 13.3.